The molecule has 1 fully saturated rings. The number of nitrogens with one attached hydrogen (secondary N) is 1. The van der Waals surface area contributed by atoms with E-state index >= 15 is 0 Å². The van der Waals surface area contributed by atoms with Crippen LogP contribution in [0.5, 0.6) is 0 Å². The number of barbiturate groups is 1. The Bertz CT molecular complexity index is 579. The van der Waals surface area contributed by atoms with Gasteiger partial charge in [-0.3, -0.25) is 19.9 Å². The Morgan fingerprint density at radius 1 is 1.20 bits per heavy atom. The van der Waals surface area contributed by atoms with E-state index in [0.29, 0.717) is 18.5 Å². The molecule has 6 heteroatoms. The lowest BCUT2D eigenvalue weighted by molar-refractivity contribution is -0.143. The SMILES string of the molecule is CCC1(CC)C(=O)NC(=O)N(c2cncc(C)c2)C1=O. The fraction of sp³-hybridized carbons (Fsp3) is 0.429. The average molecular weight is 275 g/mol. The summed E-state index contributed by atoms with van der Waals surface area (Å²) in [4.78, 5) is 41.7. The molecule has 6 nitrogen and oxygen atoms in total. The maximum absolute atomic E-state index is 12.7. The molecule has 0 saturated carbocycles. The first kappa shape index (κ1) is 14.2. The second-order valence-electron chi connectivity index (χ2n) is 4.91. The predicted molar refractivity (Wildman–Crippen MR) is 73.0 cm³/mol. The van der Waals surface area contributed by atoms with E-state index in [9.17, 15) is 14.4 Å². The van der Waals surface area contributed by atoms with Crippen LogP contribution < -0.4 is 10.2 Å². The Hall–Kier alpha value is -2.24. The fourth-order valence-electron chi connectivity index (χ4n) is 2.45. The summed E-state index contributed by atoms with van der Waals surface area (Å²) in [5, 5.41) is 2.27. The van der Waals surface area contributed by atoms with Gasteiger partial charge in [-0.05, 0) is 31.4 Å². The van der Waals surface area contributed by atoms with Gasteiger partial charge >= 0.3 is 6.03 Å². The standard InChI is InChI=1S/C14H17N3O3/c1-4-14(5-2)11(18)16-13(20)17(12(14)19)10-6-9(3)7-15-8-10/h6-8H,4-5H2,1-3H3,(H,16,18,20). The van der Waals surface area contributed by atoms with Gasteiger partial charge in [-0.2, -0.15) is 0 Å². The summed E-state index contributed by atoms with van der Waals surface area (Å²) in [6.07, 6.45) is 3.76. The van der Waals surface area contributed by atoms with Crippen molar-refractivity contribution in [2.75, 3.05) is 4.90 Å². The third-order valence-electron chi connectivity index (χ3n) is 3.80. The number of hydrogen-bond donors (Lipinski definition) is 1. The lowest BCUT2D eigenvalue weighted by atomic mass is 9.78. The van der Waals surface area contributed by atoms with E-state index in [1.165, 1.54) is 6.20 Å². The van der Waals surface area contributed by atoms with Gasteiger partial charge < -0.3 is 0 Å². The Balaban J connectivity index is 2.50. The smallest absolute Gasteiger partial charge is 0.276 e. The van der Waals surface area contributed by atoms with E-state index < -0.39 is 23.3 Å². The van der Waals surface area contributed by atoms with E-state index in [1.54, 1.807) is 26.1 Å². The summed E-state index contributed by atoms with van der Waals surface area (Å²) < 4.78 is 0. The summed E-state index contributed by atoms with van der Waals surface area (Å²) in [6.45, 7) is 5.35. The minimum atomic E-state index is -1.18. The highest BCUT2D eigenvalue weighted by molar-refractivity contribution is 6.29. The van der Waals surface area contributed by atoms with E-state index in [1.807, 2.05) is 6.92 Å². The molecule has 0 aromatic carbocycles. The monoisotopic (exact) mass is 275 g/mol. The quantitative estimate of drug-likeness (QED) is 0.853. The predicted octanol–water partition coefficient (Wildman–Crippen LogP) is 1.78. The second kappa shape index (κ2) is 5.03. The molecule has 1 aliphatic heterocycles. The highest BCUT2D eigenvalue weighted by Gasteiger charge is 2.51. The van der Waals surface area contributed by atoms with Crippen LogP contribution in [0.1, 0.15) is 32.3 Å². The van der Waals surface area contributed by atoms with Crippen molar-refractivity contribution in [2.45, 2.75) is 33.6 Å². The molecule has 1 N–H and O–H groups in total. The van der Waals surface area contributed by atoms with Gasteiger partial charge in [0, 0.05) is 6.20 Å². The van der Waals surface area contributed by atoms with Gasteiger partial charge in [0.25, 0.3) is 5.91 Å². The molecule has 1 aromatic heterocycles. The summed E-state index contributed by atoms with van der Waals surface area (Å²) in [6, 6.07) is 0.973. The van der Waals surface area contributed by atoms with Gasteiger partial charge in [0.05, 0.1) is 11.9 Å². The number of pyridine rings is 1. The molecule has 0 aliphatic carbocycles. The Morgan fingerprint density at radius 3 is 2.40 bits per heavy atom. The number of aryl methyl sites for hydroxylation is 1. The van der Waals surface area contributed by atoms with Crippen LogP contribution in [0, 0.1) is 12.3 Å². The number of imide groups is 2. The molecule has 1 aromatic rings. The first-order valence-corrected chi connectivity index (χ1v) is 6.58. The number of hydrogen-bond acceptors (Lipinski definition) is 4. The number of carbonyl (C=O) groups excluding carboxylic acids is 3. The van der Waals surface area contributed by atoms with Gasteiger partial charge in [0.1, 0.15) is 5.41 Å². The molecule has 106 valence electrons. The number of nitrogens with zero attached hydrogens (tertiary/aromatic N) is 2. The molecule has 1 saturated heterocycles. The molecule has 0 bridgehead atoms. The number of anilines is 1. The normalized spacial score (nSPS) is 18.1. The second-order valence-corrected chi connectivity index (χ2v) is 4.91. The van der Waals surface area contributed by atoms with Crippen LogP contribution in [0.4, 0.5) is 10.5 Å². The maximum atomic E-state index is 12.7. The molecule has 0 unspecified atom stereocenters. The van der Waals surface area contributed by atoms with Crippen LogP contribution in [0.2, 0.25) is 0 Å². The highest BCUT2D eigenvalue weighted by Crippen LogP contribution is 2.34. The van der Waals surface area contributed by atoms with Crippen molar-refractivity contribution in [3.63, 3.8) is 0 Å². The van der Waals surface area contributed by atoms with Crippen molar-refractivity contribution in [1.82, 2.24) is 10.3 Å². The molecule has 0 spiro atoms. The molecule has 2 rings (SSSR count). The Kier molecular flexibility index (Phi) is 3.57. The first-order chi connectivity index (χ1) is 9.46. The topological polar surface area (TPSA) is 79.4 Å². The minimum Gasteiger partial charge on any atom is -0.276 e. The molecular formula is C14H17N3O3. The zero-order chi connectivity index (χ0) is 14.9. The van der Waals surface area contributed by atoms with Crippen LogP contribution in [0.15, 0.2) is 18.5 Å². The molecule has 0 atom stereocenters. The van der Waals surface area contributed by atoms with Crippen LogP contribution in [0.3, 0.4) is 0 Å². The third kappa shape index (κ3) is 1.97. The van der Waals surface area contributed by atoms with E-state index in [4.69, 9.17) is 0 Å². The van der Waals surface area contributed by atoms with E-state index in [2.05, 4.69) is 10.3 Å². The first-order valence-electron chi connectivity index (χ1n) is 6.58. The van der Waals surface area contributed by atoms with E-state index in [-0.39, 0.29) is 0 Å². The summed E-state index contributed by atoms with van der Waals surface area (Å²) in [7, 11) is 0. The van der Waals surface area contributed by atoms with Crippen LogP contribution >= 0.6 is 0 Å². The number of carbonyl (C=O) groups is 3. The number of urea groups is 1. The average Bonchev–Trinajstić information content (AvgIpc) is 2.40. The fourth-order valence-corrected chi connectivity index (χ4v) is 2.45. The maximum Gasteiger partial charge on any atom is 0.335 e. The van der Waals surface area contributed by atoms with Crippen molar-refractivity contribution in [3.8, 4) is 0 Å². The third-order valence-corrected chi connectivity index (χ3v) is 3.80. The molecular weight excluding hydrogens is 258 g/mol. The zero-order valence-electron chi connectivity index (χ0n) is 11.8. The minimum absolute atomic E-state index is 0.344. The zero-order valence-corrected chi connectivity index (χ0v) is 11.8. The number of aromatic nitrogens is 1. The lowest BCUT2D eigenvalue weighted by Crippen LogP contribution is -2.64. The van der Waals surface area contributed by atoms with Crippen molar-refractivity contribution in [1.29, 1.82) is 0 Å². The van der Waals surface area contributed by atoms with Gasteiger partial charge in [0.2, 0.25) is 5.91 Å². The van der Waals surface area contributed by atoms with E-state index in [0.717, 1.165) is 10.5 Å². The summed E-state index contributed by atoms with van der Waals surface area (Å²) in [5.41, 5.74) is 0.0300. The molecule has 0 radical (unpaired) electrons. The molecule has 20 heavy (non-hydrogen) atoms. The van der Waals surface area contributed by atoms with Crippen LogP contribution in [-0.4, -0.2) is 22.8 Å². The van der Waals surface area contributed by atoms with Crippen molar-refractivity contribution >= 4 is 23.5 Å². The number of amides is 4. The van der Waals surface area contributed by atoms with Gasteiger partial charge in [-0.1, -0.05) is 13.8 Å². The van der Waals surface area contributed by atoms with Crippen molar-refractivity contribution in [3.05, 3.63) is 24.0 Å². The molecule has 2 heterocycles. The van der Waals surface area contributed by atoms with Gasteiger partial charge in [-0.25, -0.2) is 9.69 Å². The van der Waals surface area contributed by atoms with Crippen molar-refractivity contribution in [2.24, 2.45) is 5.41 Å². The van der Waals surface area contributed by atoms with Gasteiger partial charge in [-0.15, -0.1) is 0 Å². The summed E-state index contributed by atoms with van der Waals surface area (Å²) >= 11 is 0. The van der Waals surface area contributed by atoms with Crippen LogP contribution in [0.25, 0.3) is 0 Å². The highest BCUT2D eigenvalue weighted by atomic mass is 16.2. The Labute approximate surface area is 117 Å². The largest absolute Gasteiger partial charge is 0.335 e. The van der Waals surface area contributed by atoms with Gasteiger partial charge in [0.15, 0.2) is 0 Å². The van der Waals surface area contributed by atoms with Crippen molar-refractivity contribution < 1.29 is 14.4 Å². The number of rotatable bonds is 3. The molecule has 1 aliphatic rings. The molecule has 4 amide bonds. The Morgan fingerprint density at radius 2 is 1.85 bits per heavy atom. The summed E-state index contributed by atoms with van der Waals surface area (Å²) in [5.74, 6) is -1.00. The van der Waals surface area contributed by atoms with Crippen LogP contribution in [-0.2, 0) is 9.59 Å². The lowest BCUT2D eigenvalue weighted by Gasteiger charge is -2.38.